The van der Waals surface area contributed by atoms with E-state index in [4.69, 9.17) is 5.73 Å². The summed E-state index contributed by atoms with van der Waals surface area (Å²) in [5.41, 5.74) is 5.38. The number of halogens is 3. The Kier molecular flexibility index (Phi) is 5.17. The van der Waals surface area contributed by atoms with Crippen LogP contribution in [0.3, 0.4) is 0 Å². The number of hydrogen-bond acceptors (Lipinski definition) is 3. The van der Waals surface area contributed by atoms with Crippen molar-refractivity contribution in [3.8, 4) is 5.75 Å². The predicted octanol–water partition coefficient (Wildman–Crippen LogP) is 1.94. The number of nitrogens with one attached hydrogen (secondary N) is 1. The van der Waals surface area contributed by atoms with Gasteiger partial charge < -0.3 is 15.8 Å². The highest BCUT2D eigenvalue weighted by atomic mass is 19.4. The second-order valence-corrected chi connectivity index (χ2v) is 4.11. The Balaban J connectivity index is 2.65. The van der Waals surface area contributed by atoms with Crippen molar-refractivity contribution in [1.29, 1.82) is 0 Å². The summed E-state index contributed by atoms with van der Waals surface area (Å²) >= 11 is 0. The van der Waals surface area contributed by atoms with E-state index in [0.29, 0.717) is 5.56 Å². The van der Waals surface area contributed by atoms with Crippen molar-refractivity contribution in [3.05, 3.63) is 29.8 Å². The molecule has 0 spiro atoms. The van der Waals surface area contributed by atoms with E-state index in [9.17, 15) is 18.0 Å². The largest absolute Gasteiger partial charge is 0.573 e. The molecule has 1 aromatic carbocycles. The molecular formula is C12H15F3N2O2. The fourth-order valence-electron chi connectivity index (χ4n) is 1.53. The summed E-state index contributed by atoms with van der Waals surface area (Å²) in [6.07, 6.45) is -4.61. The molecule has 0 heterocycles. The van der Waals surface area contributed by atoms with Crippen molar-refractivity contribution < 1.29 is 22.7 Å². The van der Waals surface area contributed by atoms with Crippen LogP contribution in [0.15, 0.2) is 24.3 Å². The van der Waals surface area contributed by atoms with Crippen LogP contribution in [0, 0.1) is 0 Å². The Labute approximate surface area is 108 Å². The van der Waals surface area contributed by atoms with Crippen molar-refractivity contribution in [1.82, 2.24) is 5.32 Å². The number of benzene rings is 1. The molecule has 0 aromatic heterocycles. The molecule has 1 unspecified atom stereocenters. The van der Waals surface area contributed by atoms with Gasteiger partial charge in [-0.2, -0.15) is 0 Å². The summed E-state index contributed by atoms with van der Waals surface area (Å²) < 4.78 is 40.5. The molecule has 106 valence electrons. The first-order valence-corrected chi connectivity index (χ1v) is 5.63. The van der Waals surface area contributed by atoms with Gasteiger partial charge in [-0.3, -0.25) is 4.79 Å². The van der Waals surface area contributed by atoms with Crippen LogP contribution in [0.4, 0.5) is 13.2 Å². The first-order valence-electron chi connectivity index (χ1n) is 5.63. The lowest BCUT2D eigenvalue weighted by Gasteiger charge is -2.16. The number of rotatable bonds is 6. The molecule has 0 aliphatic heterocycles. The lowest BCUT2D eigenvalue weighted by Crippen LogP contribution is -2.30. The predicted molar refractivity (Wildman–Crippen MR) is 63.2 cm³/mol. The Morgan fingerprint density at radius 1 is 1.42 bits per heavy atom. The van der Waals surface area contributed by atoms with Crippen LogP contribution >= 0.6 is 0 Å². The SMILES string of the molecule is CC(CC(N)=O)NCc1ccccc1OC(F)(F)F. The second-order valence-electron chi connectivity index (χ2n) is 4.11. The van der Waals surface area contributed by atoms with E-state index < -0.39 is 12.3 Å². The number of para-hydroxylation sites is 1. The molecule has 1 atom stereocenters. The fourth-order valence-corrected chi connectivity index (χ4v) is 1.53. The van der Waals surface area contributed by atoms with Gasteiger partial charge in [0.05, 0.1) is 0 Å². The Bertz CT molecular complexity index is 435. The lowest BCUT2D eigenvalue weighted by molar-refractivity contribution is -0.274. The molecule has 7 heteroatoms. The van der Waals surface area contributed by atoms with Crippen LogP contribution in [0.1, 0.15) is 18.9 Å². The number of primary amides is 1. The van der Waals surface area contributed by atoms with Gasteiger partial charge in [-0.1, -0.05) is 18.2 Å². The number of ether oxygens (including phenoxy) is 1. The average Bonchev–Trinajstić information content (AvgIpc) is 2.25. The molecule has 19 heavy (non-hydrogen) atoms. The quantitative estimate of drug-likeness (QED) is 0.834. The Morgan fingerprint density at radius 2 is 2.05 bits per heavy atom. The van der Waals surface area contributed by atoms with Crippen molar-refractivity contribution in [2.24, 2.45) is 5.73 Å². The van der Waals surface area contributed by atoms with Gasteiger partial charge in [0.15, 0.2) is 0 Å². The molecule has 0 radical (unpaired) electrons. The number of alkyl halides is 3. The number of hydrogen-bond donors (Lipinski definition) is 2. The van der Waals surface area contributed by atoms with Gasteiger partial charge in [-0.25, -0.2) is 0 Å². The molecule has 0 fully saturated rings. The Morgan fingerprint density at radius 3 is 2.63 bits per heavy atom. The normalized spacial score (nSPS) is 13.1. The highest BCUT2D eigenvalue weighted by molar-refractivity contribution is 5.74. The molecule has 0 aliphatic rings. The van der Waals surface area contributed by atoms with Gasteiger partial charge in [0.2, 0.25) is 5.91 Å². The third kappa shape index (κ3) is 6.10. The first kappa shape index (κ1) is 15.3. The number of carbonyl (C=O) groups excluding carboxylic acids is 1. The third-order valence-electron chi connectivity index (χ3n) is 2.35. The van der Waals surface area contributed by atoms with E-state index in [2.05, 4.69) is 10.1 Å². The molecule has 0 bridgehead atoms. The van der Waals surface area contributed by atoms with Crippen LogP contribution in [-0.2, 0) is 11.3 Å². The van der Waals surface area contributed by atoms with Gasteiger partial charge >= 0.3 is 6.36 Å². The zero-order valence-electron chi connectivity index (χ0n) is 10.3. The molecule has 0 aliphatic carbocycles. The first-order chi connectivity index (χ1) is 8.78. The van der Waals surface area contributed by atoms with E-state index in [1.54, 1.807) is 13.0 Å². The second kappa shape index (κ2) is 6.42. The summed E-state index contributed by atoms with van der Waals surface area (Å²) in [7, 11) is 0. The zero-order valence-corrected chi connectivity index (χ0v) is 10.3. The minimum absolute atomic E-state index is 0.113. The highest BCUT2D eigenvalue weighted by Crippen LogP contribution is 2.26. The fraction of sp³-hybridized carbons (Fsp3) is 0.417. The summed E-state index contributed by atoms with van der Waals surface area (Å²) in [6.45, 7) is 1.87. The van der Waals surface area contributed by atoms with Gasteiger partial charge in [0.25, 0.3) is 0 Å². The average molecular weight is 276 g/mol. The molecule has 3 N–H and O–H groups in total. The standard InChI is InChI=1S/C12H15F3N2O2/c1-8(6-11(16)18)17-7-9-4-2-3-5-10(9)19-12(13,14)15/h2-5,8,17H,6-7H2,1H3,(H2,16,18). The van der Waals surface area contributed by atoms with E-state index >= 15 is 0 Å². The van der Waals surface area contributed by atoms with Crippen LogP contribution < -0.4 is 15.8 Å². The molecule has 0 saturated heterocycles. The summed E-state index contributed by atoms with van der Waals surface area (Å²) in [5, 5.41) is 2.91. The smallest absolute Gasteiger partial charge is 0.405 e. The highest BCUT2D eigenvalue weighted by Gasteiger charge is 2.31. The van der Waals surface area contributed by atoms with Crippen molar-refractivity contribution in [3.63, 3.8) is 0 Å². The number of carbonyl (C=O) groups is 1. The van der Waals surface area contributed by atoms with E-state index in [1.807, 2.05) is 0 Å². The minimum atomic E-state index is -4.73. The van der Waals surface area contributed by atoms with Crippen LogP contribution in [0.5, 0.6) is 5.75 Å². The third-order valence-corrected chi connectivity index (χ3v) is 2.35. The number of amides is 1. The number of nitrogens with two attached hydrogens (primary N) is 1. The maximum absolute atomic E-state index is 12.2. The van der Waals surface area contributed by atoms with Gasteiger partial charge in [-0.15, -0.1) is 13.2 Å². The van der Waals surface area contributed by atoms with Crippen molar-refractivity contribution in [2.45, 2.75) is 32.3 Å². The summed E-state index contributed by atoms with van der Waals surface area (Å²) in [5.74, 6) is -0.728. The zero-order chi connectivity index (χ0) is 14.5. The Hall–Kier alpha value is -1.76. The maximum Gasteiger partial charge on any atom is 0.573 e. The van der Waals surface area contributed by atoms with Crippen LogP contribution in [-0.4, -0.2) is 18.3 Å². The molecular weight excluding hydrogens is 261 g/mol. The lowest BCUT2D eigenvalue weighted by atomic mass is 10.1. The van der Waals surface area contributed by atoms with E-state index in [-0.39, 0.29) is 24.8 Å². The van der Waals surface area contributed by atoms with Gasteiger partial charge in [0.1, 0.15) is 5.75 Å². The van der Waals surface area contributed by atoms with Crippen LogP contribution in [0.2, 0.25) is 0 Å². The summed E-state index contributed by atoms with van der Waals surface area (Å²) in [6, 6.07) is 5.60. The molecule has 1 amide bonds. The van der Waals surface area contributed by atoms with Gasteiger partial charge in [-0.05, 0) is 13.0 Å². The van der Waals surface area contributed by atoms with E-state index in [0.717, 1.165) is 0 Å². The molecule has 1 aromatic rings. The van der Waals surface area contributed by atoms with Crippen molar-refractivity contribution in [2.75, 3.05) is 0 Å². The molecule has 4 nitrogen and oxygen atoms in total. The van der Waals surface area contributed by atoms with Crippen molar-refractivity contribution >= 4 is 5.91 Å². The minimum Gasteiger partial charge on any atom is -0.405 e. The monoisotopic (exact) mass is 276 g/mol. The molecule has 1 rings (SSSR count). The summed E-state index contributed by atoms with van der Waals surface area (Å²) in [4.78, 5) is 10.7. The van der Waals surface area contributed by atoms with E-state index in [1.165, 1.54) is 18.2 Å². The topological polar surface area (TPSA) is 64.4 Å². The maximum atomic E-state index is 12.2. The molecule has 0 saturated carbocycles. The van der Waals surface area contributed by atoms with Gasteiger partial charge in [0, 0.05) is 24.6 Å². The van der Waals surface area contributed by atoms with Crippen LogP contribution in [0.25, 0.3) is 0 Å².